The van der Waals surface area contributed by atoms with Crippen molar-refractivity contribution in [2.24, 2.45) is 7.05 Å². The molecule has 0 aliphatic heterocycles. The third-order valence-corrected chi connectivity index (χ3v) is 5.42. The maximum absolute atomic E-state index is 4.77. The van der Waals surface area contributed by atoms with Crippen molar-refractivity contribution in [3.05, 3.63) is 84.2 Å². The number of fused-ring (bicyclic) bond motifs is 1. The Morgan fingerprint density at radius 3 is 2.71 bits per heavy atom. The zero-order valence-corrected chi connectivity index (χ0v) is 19.2. The van der Waals surface area contributed by atoms with Gasteiger partial charge in [-0.1, -0.05) is 26.0 Å². The summed E-state index contributed by atoms with van der Waals surface area (Å²) in [5.74, 6) is 1.72. The molecule has 0 saturated heterocycles. The molecule has 8 heteroatoms. The Morgan fingerprint density at radius 1 is 0.971 bits per heavy atom. The van der Waals surface area contributed by atoms with Crippen LogP contribution in [-0.2, 0) is 7.05 Å². The Morgan fingerprint density at radius 2 is 1.88 bits per heavy atom. The van der Waals surface area contributed by atoms with Crippen molar-refractivity contribution in [2.45, 2.75) is 19.8 Å². The highest BCUT2D eigenvalue weighted by molar-refractivity contribution is 5.85. The molecular formula is C26H24N8. The normalized spacial score (nSPS) is 11.5. The zero-order chi connectivity index (χ0) is 23.5. The van der Waals surface area contributed by atoms with Gasteiger partial charge in [0, 0.05) is 43.0 Å². The Bertz CT molecular complexity index is 1470. The zero-order valence-electron chi connectivity index (χ0n) is 19.2. The van der Waals surface area contributed by atoms with Crippen LogP contribution in [0.25, 0.3) is 34.3 Å². The van der Waals surface area contributed by atoms with Crippen LogP contribution < -0.4 is 5.32 Å². The van der Waals surface area contributed by atoms with Crippen LogP contribution in [0.1, 0.15) is 36.6 Å². The first-order chi connectivity index (χ1) is 16.5. The van der Waals surface area contributed by atoms with E-state index >= 15 is 0 Å². The van der Waals surface area contributed by atoms with Crippen molar-refractivity contribution in [1.82, 2.24) is 34.9 Å². The van der Waals surface area contributed by atoms with Gasteiger partial charge in [0.2, 0.25) is 0 Å². The lowest BCUT2D eigenvalue weighted by molar-refractivity contribution is 0.765. The summed E-state index contributed by atoms with van der Waals surface area (Å²) < 4.78 is 1.80. The van der Waals surface area contributed by atoms with E-state index in [0.717, 1.165) is 39.0 Å². The minimum absolute atomic E-state index is 0.369. The lowest BCUT2D eigenvalue weighted by Gasteiger charge is -2.09. The quantitative estimate of drug-likeness (QED) is 0.379. The van der Waals surface area contributed by atoms with Gasteiger partial charge in [0.1, 0.15) is 5.82 Å². The first-order valence-electron chi connectivity index (χ1n) is 11.0. The number of rotatable bonds is 6. The van der Waals surface area contributed by atoms with Crippen LogP contribution >= 0.6 is 0 Å². The first-order valence-corrected chi connectivity index (χ1v) is 11.0. The number of hydrogen-bond acceptors (Lipinski definition) is 7. The molecule has 5 heterocycles. The van der Waals surface area contributed by atoms with E-state index in [1.807, 2.05) is 74.2 Å². The Labute approximate surface area is 197 Å². The van der Waals surface area contributed by atoms with E-state index in [9.17, 15) is 0 Å². The average molecular weight is 449 g/mol. The van der Waals surface area contributed by atoms with Gasteiger partial charge in [-0.3, -0.25) is 14.6 Å². The maximum atomic E-state index is 4.77. The maximum Gasteiger partial charge on any atom is 0.154 e. The average Bonchev–Trinajstić information content (AvgIpc) is 3.23. The lowest BCUT2D eigenvalue weighted by atomic mass is 10.1. The van der Waals surface area contributed by atoms with Gasteiger partial charge in [-0.05, 0) is 53.5 Å². The number of aromatic nitrogens is 7. The molecule has 0 amide bonds. The number of hydrogen-bond donors (Lipinski definition) is 1. The van der Waals surface area contributed by atoms with E-state index in [1.54, 1.807) is 17.1 Å². The predicted octanol–water partition coefficient (Wildman–Crippen LogP) is 5.25. The molecule has 0 unspecified atom stereocenters. The molecule has 0 radical (unpaired) electrons. The molecule has 0 atom stereocenters. The fourth-order valence-electron chi connectivity index (χ4n) is 3.61. The Balaban J connectivity index is 1.46. The molecule has 0 aliphatic rings. The number of pyridine rings is 3. The highest BCUT2D eigenvalue weighted by atomic mass is 15.2. The van der Waals surface area contributed by atoms with Gasteiger partial charge in [-0.15, -0.1) is 5.10 Å². The molecule has 168 valence electrons. The third kappa shape index (κ3) is 4.66. The molecular weight excluding hydrogens is 424 g/mol. The van der Waals surface area contributed by atoms with Crippen molar-refractivity contribution in [2.75, 3.05) is 5.32 Å². The van der Waals surface area contributed by atoms with E-state index in [2.05, 4.69) is 44.4 Å². The minimum Gasteiger partial charge on any atom is -0.323 e. The van der Waals surface area contributed by atoms with Gasteiger partial charge in [0.15, 0.2) is 5.82 Å². The molecule has 0 bridgehead atoms. The van der Waals surface area contributed by atoms with E-state index in [-0.39, 0.29) is 0 Å². The largest absolute Gasteiger partial charge is 0.323 e. The van der Waals surface area contributed by atoms with E-state index < -0.39 is 0 Å². The predicted molar refractivity (Wildman–Crippen MR) is 134 cm³/mol. The molecule has 0 spiro atoms. The molecule has 0 saturated carbocycles. The molecule has 5 aromatic heterocycles. The van der Waals surface area contributed by atoms with Crippen LogP contribution in [0, 0.1) is 0 Å². The highest BCUT2D eigenvalue weighted by Gasteiger charge is 2.11. The van der Waals surface area contributed by atoms with Crippen molar-refractivity contribution >= 4 is 34.8 Å². The monoisotopic (exact) mass is 448 g/mol. The summed E-state index contributed by atoms with van der Waals surface area (Å²) >= 11 is 0. The fraction of sp³-hybridized carbons (Fsp3) is 0.154. The fourth-order valence-corrected chi connectivity index (χ4v) is 3.61. The van der Waals surface area contributed by atoms with Crippen molar-refractivity contribution < 1.29 is 0 Å². The van der Waals surface area contributed by atoms with Gasteiger partial charge >= 0.3 is 0 Å². The molecule has 34 heavy (non-hydrogen) atoms. The lowest BCUT2D eigenvalue weighted by Crippen LogP contribution is -2.00. The number of aryl methyl sites for hydroxylation is 1. The van der Waals surface area contributed by atoms with Gasteiger partial charge in [0.05, 0.1) is 22.9 Å². The standard InChI is InChI=1S/C26H24N8/c1-17(2)19-12-26(32-29-15-19)31-25-9-8-23-24(30-25)11-20(14-28-23)21-16-34(3)33-22(21)7-6-18-5-4-10-27-13-18/h4-17H,1-3H3,(H,30,31,32)/b7-6+. The van der Waals surface area contributed by atoms with Crippen LogP contribution in [0.2, 0.25) is 0 Å². The van der Waals surface area contributed by atoms with E-state index in [0.29, 0.717) is 17.6 Å². The van der Waals surface area contributed by atoms with E-state index in [1.165, 1.54) is 0 Å². The van der Waals surface area contributed by atoms with Gasteiger partial charge in [-0.25, -0.2) is 4.98 Å². The Hall–Kier alpha value is -4.46. The van der Waals surface area contributed by atoms with E-state index in [4.69, 9.17) is 4.98 Å². The highest BCUT2D eigenvalue weighted by Crippen LogP contribution is 2.27. The summed E-state index contributed by atoms with van der Waals surface area (Å²) in [5.41, 5.74) is 6.49. The second-order valence-corrected chi connectivity index (χ2v) is 8.33. The summed E-state index contributed by atoms with van der Waals surface area (Å²) in [6.07, 6.45) is 13.2. The van der Waals surface area contributed by atoms with Gasteiger partial charge in [-0.2, -0.15) is 10.2 Å². The van der Waals surface area contributed by atoms with Gasteiger partial charge in [0.25, 0.3) is 0 Å². The molecule has 1 N–H and O–H groups in total. The first kappa shape index (κ1) is 21.4. The molecule has 8 nitrogen and oxygen atoms in total. The van der Waals surface area contributed by atoms with Crippen molar-refractivity contribution in [1.29, 1.82) is 0 Å². The Kier molecular flexibility index (Phi) is 5.78. The summed E-state index contributed by atoms with van der Waals surface area (Å²) in [6.45, 7) is 4.25. The second-order valence-electron chi connectivity index (χ2n) is 8.33. The molecule has 5 aromatic rings. The summed E-state index contributed by atoms with van der Waals surface area (Å²) in [6, 6.07) is 11.8. The number of nitrogens with zero attached hydrogens (tertiary/aromatic N) is 7. The van der Waals surface area contributed by atoms with Crippen LogP contribution in [0.5, 0.6) is 0 Å². The van der Waals surface area contributed by atoms with Crippen LogP contribution in [0.3, 0.4) is 0 Å². The second kappa shape index (κ2) is 9.19. The molecule has 0 fully saturated rings. The molecule has 0 aromatic carbocycles. The summed E-state index contributed by atoms with van der Waals surface area (Å²) in [4.78, 5) is 13.5. The summed E-state index contributed by atoms with van der Waals surface area (Å²) in [7, 11) is 1.91. The van der Waals surface area contributed by atoms with Crippen LogP contribution in [-0.4, -0.2) is 34.9 Å². The number of anilines is 2. The van der Waals surface area contributed by atoms with Crippen LogP contribution in [0.4, 0.5) is 11.6 Å². The molecule has 0 aliphatic carbocycles. The van der Waals surface area contributed by atoms with Crippen LogP contribution in [0.15, 0.2) is 67.4 Å². The minimum atomic E-state index is 0.369. The van der Waals surface area contributed by atoms with Gasteiger partial charge < -0.3 is 5.32 Å². The number of nitrogens with one attached hydrogen (secondary N) is 1. The van der Waals surface area contributed by atoms with Crippen molar-refractivity contribution in [3.8, 4) is 11.1 Å². The third-order valence-electron chi connectivity index (χ3n) is 5.42. The summed E-state index contributed by atoms with van der Waals surface area (Å²) in [5, 5.41) is 16.1. The smallest absolute Gasteiger partial charge is 0.154 e. The van der Waals surface area contributed by atoms with Crippen molar-refractivity contribution in [3.63, 3.8) is 0 Å². The topological polar surface area (TPSA) is 94.3 Å². The SMILES string of the molecule is CC(C)c1cnnc(Nc2ccc3ncc(-c4cn(C)nc4/C=C/c4cccnc4)cc3n2)c1. The molecule has 5 rings (SSSR count).